The molecule has 2 unspecified atom stereocenters. The van der Waals surface area contributed by atoms with E-state index in [0.29, 0.717) is 4.57 Å². The lowest BCUT2D eigenvalue weighted by atomic mass is 9.98. The standard InChI is InChI=1S/C14H22ClFN3O14P3/c1-7(2)12(20)30-10-9(16)11(19-4-3-8(17)18-13(19)21)31-14(10,5-15)6-29-35(25,26)33-36(27,28)32-34(22,23)24/h3-4,7,9-11H,5-6H2,1-2H3,(H,25,26)(H,27,28)(H2,17,18,21)(H2,22,23,24)/t9-,10+,11-,14-/m1/s1. The number of rotatable bonds is 11. The number of carbonyl (C=O) groups is 1. The molecule has 0 aliphatic carbocycles. The molecule has 6 atom stereocenters. The number of carbonyl (C=O) groups excluding carboxylic acids is 1. The number of anilines is 1. The van der Waals surface area contributed by atoms with Gasteiger partial charge in [-0.05, 0) is 6.07 Å². The van der Waals surface area contributed by atoms with Crippen LogP contribution >= 0.6 is 35.1 Å². The van der Waals surface area contributed by atoms with Crippen LogP contribution < -0.4 is 11.4 Å². The van der Waals surface area contributed by atoms with Crippen LogP contribution in [0.2, 0.25) is 0 Å². The molecule has 1 aromatic rings. The van der Waals surface area contributed by atoms with E-state index >= 15 is 4.39 Å². The normalized spacial score (nSPS) is 28.0. The number of phosphoric ester groups is 1. The number of phosphoric acid groups is 3. The minimum Gasteiger partial charge on any atom is -0.456 e. The monoisotopic (exact) mass is 603 g/mol. The molecule has 36 heavy (non-hydrogen) atoms. The van der Waals surface area contributed by atoms with Gasteiger partial charge in [0.15, 0.2) is 18.5 Å². The van der Waals surface area contributed by atoms with Crippen LogP contribution in [0.25, 0.3) is 0 Å². The number of esters is 1. The quantitative estimate of drug-likeness (QED) is 0.132. The topological polar surface area (TPSA) is 256 Å². The Hall–Kier alpha value is -1.26. The molecule has 0 bridgehead atoms. The van der Waals surface area contributed by atoms with Crippen molar-refractivity contribution in [1.82, 2.24) is 9.55 Å². The first-order chi connectivity index (χ1) is 16.3. The SMILES string of the molecule is CC(C)C(=O)O[C@H]1[C@@H](F)[C@H](n2ccc(N)nc2=O)O[C@]1(CCl)COP(=O)(O)OP(=O)(O)OP(=O)(O)O. The Morgan fingerprint density at radius 2 is 1.89 bits per heavy atom. The smallest absolute Gasteiger partial charge is 0.456 e. The third kappa shape index (κ3) is 7.87. The van der Waals surface area contributed by atoms with E-state index < -0.39 is 77.6 Å². The molecule has 1 fully saturated rings. The summed E-state index contributed by atoms with van der Waals surface area (Å²) in [7, 11) is -17.2. The van der Waals surface area contributed by atoms with E-state index in [-0.39, 0.29) is 5.82 Å². The predicted molar refractivity (Wildman–Crippen MR) is 116 cm³/mol. The van der Waals surface area contributed by atoms with Gasteiger partial charge in [-0.15, -0.1) is 11.6 Å². The van der Waals surface area contributed by atoms with Gasteiger partial charge >= 0.3 is 35.1 Å². The van der Waals surface area contributed by atoms with Gasteiger partial charge in [0.05, 0.1) is 18.4 Å². The summed E-state index contributed by atoms with van der Waals surface area (Å²) in [5.74, 6) is -2.75. The highest BCUT2D eigenvalue weighted by molar-refractivity contribution is 7.66. The van der Waals surface area contributed by atoms with Gasteiger partial charge in [0.1, 0.15) is 11.4 Å². The van der Waals surface area contributed by atoms with Crippen molar-refractivity contribution < 1.29 is 65.1 Å². The molecule has 0 radical (unpaired) electrons. The molecule has 2 rings (SSSR count). The summed E-state index contributed by atoms with van der Waals surface area (Å²) < 4.78 is 73.0. The van der Waals surface area contributed by atoms with Crippen molar-refractivity contribution in [3.05, 3.63) is 22.7 Å². The molecule has 206 valence electrons. The first-order valence-corrected chi connectivity index (χ1v) is 14.6. The molecule has 0 amide bonds. The molecule has 0 saturated carbocycles. The van der Waals surface area contributed by atoms with Crippen LogP contribution in [0, 0.1) is 5.92 Å². The lowest BCUT2D eigenvalue weighted by molar-refractivity contribution is -0.167. The molecule has 1 aliphatic heterocycles. The Morgan fingerprint density at radius 3 is 2.39 bits per heavy atom. The van der Waals surface area contributed by atoms with Crippen molar-refractivity contribution in [2.24, 2.45) is 5.92 Å². The number of aromatic nitrogens is 2. The van der Waals surface area contributed by atoms with Gasteiger partial charge in [0.2, 0.25) is 0 Å². The van der Waals surface area contributed by atoms with E-state index in [4.69, 9.17) is 36.6 Å². The zero-order valence-corrected chi connectivity index (χ0v) is 21.8. The Morgan fingerprint density at radius 1 is 1.28 bits per heavy atom. The molecular weight excluding hydrogens is 582 g/mol. The Bertz CT molecular complexity index is 1180. The van der Waals surface area contributed by atoms with E-state index in [1.165, 1.54) is 13.8 Å². The van der Waals surface area contributed by atoms with Crippen molar-refractivity contribution >= 4 is 46.9 Å². The number of alkyl halides is 2. The van der Waals surface area contributed by atoms with Crippen molar-refractivity contribution in [2.45, 2.75) is 38.0 Å². The van der Waals surface area contributed by atoms with Crippen LogP contribution in [0.3, 0.4) is 0 Å². The summed E-state index contributed by atoms with van der Waals surface area (Å²) in [6.45, 7) is 1.56. The molecular formula is C14H22ClFN3O14P3. The van der Waals surface area contributed by atoms with E-state index in [9.17, 15) is 33.1 Å². The van der Waals surface area contributed by atoms with Crippen LogP contribution in [0.4, 0.5) is 10.2 Å². The first-order valence-electron chi connectivity index (χ1n) is 9.53. The predicted octanol–water partition coefficient (Wildman–Crippen LogP) is 0.581. The van der Waals surface area contributed by atoms with Gasteiger partial charge < -0.3 is 34.8 Å². The summed E-state index contributed by atoms with van der Waals surface area (Å²) in [5.41, 5.74) is 2.03. The highest BCUT2D eigenvalue weighted by Gasteiger charge is 2.60. The number of nitrogen functional groups attached to an aromatic ring is 1. The summed E-state index contributed by atoms with van der Waals surface area (Å²) in [6, 6.07) is 1.12. The van der Waals surface area contributed by atoms with E-state index in [0.717, 1.165) is 12.3 Å². The summed E-state index contributed by atoms with van der Waals surface area (Å²) in [4.78, 5) is 64.1. The van der Waals surface area contributed by atoms with Gasteiger partial charge in [-0.1, -0.05) is 13.8 Å². The average molecular weight is 604 g/mol. The second kappa shape index (κ2) is 11.2. The van der Waals surface area contributed by atoms with E-state index in [1.807, 2.05) is 0 Å². The first kappa shape index (κ1) is 31.0. The maximum atomic E-state index is 15.5. The lowest BCUT2D eigenvalue weighted by Crippen LogP contribution is -2.50. The second-order valence-corrected chi connectivity index (χ2v) is 12.3. The number of ether oxygens (including phenoxy) is 2. The zero-order chi connectivity index (χ0) is 27.7. The number of nitrogens with two attached hydrogens (primary N) is 1. The molecule has 17 nitrogen and oxygen atoms in total. The number of hydrogen-bond acceptors (Lipinski definition) is 12. The van der Waals surface area contributed by atoms with Crippen LogP contribution in [0.15, 0.2) is 17.1 Å². The zero-order valence-electron chi connectivity index (χ0n) is 18.3. The summed E-state index contributed by atoms with van der Waals surface area (Å²) in [5, 5.41) is 0. The maximum Gasteiger partial charge on any atom is 0.490 e. The van der Waals surface area contributed by atoms with Crippen molar-refractivity contribution in [3.8, 4) is 0 Å². The fourth-order valence-corrected chi connectivity index (χ4v) is 6.20. The van der Waals surface area contributed by atoms with Crippen LogP contribution in [0.1, 0.15) is 20.1 Å². The highest BCUT2D eigenvalue weighted by Crippen LogP contribution is 2.66. The molecule has 2 heterocycles. The maximum absolute atomic E-state index is 15.5. The van der Waals surface area contributed by atoms with Gasteiger partial charge in [0, 0.05) is 6.20 Å². The van der Waals surface area contributed by atoms with Gasteiger partial charge in [-0.25, -0.2) is 22.9 Å². The minimum atomic E-state index is -5.86. The number of nitrogens with zero attached hydrogens (tertiary/aromatic N) is 2. The van der Waals surface area contributed by atoms with Crippen molar-refractivity contribution in [3.63, 3.8) is 0 Å². The molecule has 6 N–H and O–H groups in total. The van der Waals surface area contributed by atoms with Crippen molar-refractivity contribution in [1.29, 1.82) is 0 Å². The second-order valence-electron chi connectivity index (χ2n) is 7.57. The molecule has 0 aromatic carbocycles. The lowest BCUT2D eigenvalue weighted by Gasteiger charge is -2.32. The molecule has 1 saturated heterocycles. The van der Waals surface area contributed by atoms with E-state index in [2.05, 4.69) is 18.1 Å². The van der Waals surface area contributed by atoms with Gasteiger partial charge in [-0.3, -0.25) is 13.9 Å². The summed E-state index contributed by atoms with van der Waals surface area (Å²) >= 11 is 5.92. The van der Waals surface area contributed by atoms with Gasteiger partial charge in [-0.2, -0.15) is 13.6 Å². The Balaban J connectivity index is 2.39. The van der Waals surface area contributed by atoms with Crippen LogP contribution in [-0.2, 0) is 41.1 Å². The minimum absolute atomic E-state index is 0.205. The third-order valence-electron chi connectivity index (χ3n) is 4.39. The Labute approximate surface area is 206 Å². The number of halogens is 2. The van der Waals surface area contributed by atoms with E-state index in [1.54, 1.807) is 0 Å². The molecule has 22 heteroatoms. The van der Waals surface area contributed by atoms with Gasteiger partial charge in [0.25, 0.3) is 0 Å². The Kier molecular flexibility index (Phi) is 9.66. The molecule has 1 aliphatic rings. The largest absolute Gasteiger partial charge is 0.490 e. The third-order valence-corrected chi connectivity index (χ3v) is 8.62. The fraction of sp³-hybridized carbons (Fsp3) is 0.643. The molecule has 1 aromatic heterocycles. The number of hydrogen-bond donors (Lipinski definition) is 5. The van der Waals surface area contributed by atoms with Crippen LogP contribution in [-0.4, -0.2) is 65.5 Å². The fourth-order valence-electron chi connectivity index (χ4n) is 2.83. The van der Waals surface area contributed by atoms with Crippen LogP contribution in [0.5, 0.6) is 0 Å². The van der Waals surface area contributed by atoms with Crippen molar-refractivity contribution in [2.75, 3.05) is 18.2 Å². The average Bonchev–Trinajstić information content (AvgIpc) is 2.96. The summed E-state index contributed by atoms with van der Waals surface area (Å²) in [6.07, 6.45) is -5.15. The molecule has 0 spiro atoms. The highest BCUT2D eigenvalue weighted by atomic mass is 35.5.